The molecule has 0 saturated heterocycles. The number of aromatic hydroxyl groups is 1. The topological polar surface area (TPSA) is 49.8 Å². The summed E-state index contributed by atoms with van der Waals surface area (Å²) in [5.41, 5.74) is 3.23. The Kier molecular flexibility index (Phi) is 4.56. The number of carbonyl (C=O) groups excluding carboxylic acids is 1. The quantitative estimate of drug-likeness (QED) is 0.893. The van der Waals surface area contributed by atoms with E-state index >= 15 is 0 Å². The molecule has 0 atom stereocenters. The minimum absolute atomic E-state index is 0.143. The first-order valence-corrected chi connectivity index (χ1v) is 8.06. The average molecular weight is 323 g/mol. The highest BCUT2D eigenvalue weighted by Gasteiger charge is 2.18. The Morgan fingerprint density at radius 1 is 1.29 bits per heavy atom. The first-order chi connectivity index (χ1) is 11.5. The minimum Gasteiger partial charge on any atom is -0.507 e. The molecule has 0 unspecified atom stereocenters. The molecule has 124 valence electrons. The average Bonchev–Trinajstić information content (AvgIpc) is 2.59. The fourth-order valence-electron chi connectivity index (χ4n) is 2.88. The monoisotopic (exact) mass is 323 g/mol. The van der Waals surface area contributed by atoms with Gasteiger partial charge in [-0.15, -0.1) is 0 Å². The zero-order valence-electron chi connectivity index (χ0n) is 14.0. The molecule has 1 aromatic carbocycles. The Labute approximate surface area is 142 Å². The van der Waals surface area contributed by atoms with Crippen molar-refractivity contribution in [3.63, 3.8) is 0 Å². The Bertz CT molecular complexity index is 761. The van der Waals surface area contributed by atoms with E-state index in [0.717, 1.165) is 18.6 Å². The Morgan fingerprint density at radius 2 is 2.04 bits per heavy atom. The second kappa shape index (κ2) is 6.79. The van der Waals surface area contributed by atoms with Crippen molar-refractivity contribution in [2.75, 3.05) is 0 Å². The summed E-state index contributed by atoms with van der Waals surface area (Å²) in [6.45, 7) is 3.58. The number of hydrogen-bond acceptors (Lipinski definition) is 3. The summed E-state index contributed by atoms with van der Waals surface area (Å²) in [6.07, 6.45) is 13.9. The van der Waals surface area contributed by atoms with Gasteiger partial charge in [0.05, 0.1) is 6.20 Å². The fourth-order valence-corrected chi connectivity index (χ4v) is 2.88. The SMILES string of the molecule is Cc1cc(C(=O)N2C=COC(CC3=CC=CCC3)=C2)cc(C)c1O. The van der Waals surface area contributed by atoms with Gasteiger partial charge in [-0.3, -0.25) is 9.69 Å². The maximum absolute atomic E-state index is 12.7. The molecule has 3 rings (SSSR count). The van der Waals surface area contributed by atoms with Gasteiger partial charge < -0.3 is 9.84 Å². The van der Waals surface area contributed by atoms with Crippen LogP contribution in [0.4, 0.5) is 0 Å². The van der Waals surface area contributed by atoms with E-state index in [1.807, 2.05) is 0 Å². The van der Waals surface area contributed by atoms with Crippen LogP contribution in [0, 0.1) is 13.8 Å². The molecule has 1 aromatic rings. The molecule has 24 heavy (non-hydrogen) atoms. The van der Waals surface area contributed by atoms with E-state index in [-0.39, 0.29) is 11.7 Å². The van der Waals surface area contributed by atoms with Gasteiger partial charge >= 0.3 is 0 Å². The molecule has 1 amide bonds. The van der Waals surface area contributed by atoms with Gasteiger partial charge in [0.15, 0.2) is 0 Å². The van der Waals surface area contributed by atoms with Crippen molar-refractivity contribution in [1.29, 1.82) is 0 Å². The first-order valence-electron chi connectivity index (χ1n) is 8.06. The molecule has 0 bridgehead atoms. The van der Waals surface area contributed by atoms with Crippen molar-refractivity contribution in [2.24, 2.45) is 0 Å². The summed E-state index contributed by atoms with van der Waals surface area (Å²) in [6, 6.07) is 3.41. The summed E-state index contributed by atoms with van der Waals surface area (Å²) < 4.78 is 5.55. The summed E-state index contributed by atoms with van der Waals surface area (Å²) in [4.78, 5) is 14.3. The predicted octanol–water partition coefficient (Wildman–Crippen LogP) is 4.46. The number of aryl methyl sites for hydroxylation is 2. The van der Waals surface area contributed by atoms with Gasteiger partial charge in [-0.1, -0.05) is 23.8 Å². The van der Waals surface area contributed by atoms with Crippen molar-refractivity contribution >= 4 is 5.91 Å². The van der Waals surface area contributed by atoms with E-state index < -0.39 is 0 Å². The van der Waals surface area contributed by atoms with Gasteiger partial charge in [0.1, 0.15) is 17.8 Å². The van der Waals surface area contributed by atoms with Crippen LogP contribution in [0.3, 0.4) is 0 Å². The van der Waals surface area contributed by atoms with E-state index in [0.29, 0.717) is 23.1 Å². The third kappa shape index (κ3) is 3.43. The molecule has 0 fully saturated rings. The standard InChI is InChI=1S/C20H21NO3/c1-14-10-17(11-15(2)19(14)22)20(23)21-8-9-24-18(13-21)12-16-6-4-3-5-7-16/h3-4,6,8-11,13,22H,5,7,12H2,1-2H3. The van der Waals surface area contributed by atoms with Crippen LogP contribution in [0.1, 0.15) is 40.7 Å². The molecule has 0 spiro atoms. The minimum atomic E-state index is -0.143. The van der Waals surface area contributed by atoms with E-state index in [1.165, 1.54) is 16.7 Å². The number of phenols is 1. The van der Waals surface area contributed by atoms with Crippen molar-refractivity contribution in [1.82, 2.24) is 4.90 Å². The summed E-state index contributed by atoms with van der Waals surface area (Å²) in [5, 5.41) is 9.86. The lowest BCUT2D eigenvalue weighted by molar-refractivity contribution is 0.0853. The maximum atomic E-state index is 12.7. The van der Waals surface area contributed by atoms with E-state index in [1.54, 1.807) is 38.4 Å². The molecule has 2 aliphatic rings. The molecule has 4 nitrogen and oxygen atoms in total. The molecule has 4 heteroatoms. The number of allylic oxidation sites excluding steroid dienone is 4. The number of carbonyl (C=O) groups is 1. The number of rotatable bonds is 3. The smallest absolute Gasteiger partial charge is 0.262 e. The van der Waals surface area contributed by atoms with Gasteiger partial charge in [0, 0.05) is 18.2 Å². The largest absolute Gasteiger partial charge is 0.507 e. The van der Waals surface area contributed by atoms with Gasteiger partial charge in [-0.05, 0) is 49.9 Å². The first kappa shape index (κ1) is 16.1. The summed E-state index contributed by atoms with van der Waals surface area (Å²) in [5.74, 6) is 0.841. The van der Waals surface area contributed by atoms with Crippen molar-refractivity contribution in [2.45, 2.75) is 33.1 Å². The molecule has 1 heterocycles. The Balaban J connectivity index is 1.79. The zero-order valence-corrected chi connectivity index (χ0v) is 14.0. The van der Waals surface area contributed by atoms with Crippen LogP contribution >= 0.6 is 0 Å². The van der Waals surface area contributed by atoms with Crippen molar-refractivity contribution in [3.05, 3.63) is 77.0 Å². The number of amides is 1. The predicted molar refractivity (Wildman–Crippen MR) is 93.1 cm³/mol. The highest BCUT2D eigenvalue weighted by molar-refractivity contribution is 5.96. The van der Waals surface area contributed by atoms with Gasteiger partial charge in [-0.25, -0.2) is 0 Å². The number of hydrogen-bond donors (Lipinski definition) is 1. The van der Waals surface area contributed by atoms with Crippen LogP contribution in [-0.4, -0.2) is 15.9 Å². The van der Waals surface area contributed by atoms with Gasteiger partial charge in [0.25, 0.3) is 5.91 Å². The second-order valence-electron chi connectivity index (χ2n) is 6.14. The van der Waals surface area contributed by atoms with Crippen LogP contribution in [0.2, 0.25) is 0 Å². The molecular weight excluding hydrogens is 302 g/mol. The number of nitrogens with zero attached hydrogens (tertiary/aromatic N) is 1. The lowest BCUT2D eigenvalue weighted by atomic mass is 10.0. The van der Waals surface area contributed by atoms with Crippen molar-refractivity contribution < 1.29 is 14.6 Å². The molecular formula is C20H21NO3. The molecule has 0 saturated carbocycles. The van der Waals surface area contributed by atoms with Gasteiger partial charge in [0.2, 0.25) is 0 Å². The normalized spacial score (nSPS) is 16.5. The molecule has 1 N–H and O–H groups in total. The highest BCUT2D eigenvalue weighted by Crippen LogP contribution is 2.26. The molecule has 1 aliphatic heterocycles. The molecule has 0 radical (unpaired) electrons. The van der Waals surface area contributed by atoms with Crippen LogP contribution in [-0.2, 0) is 4.74 Å². The number of benzene rings is 1. The molecule has 1 aliphatic carbocycles. The van der Waals surface area contributed by atoms with Crippen molar-refractivity contribution in [3.8, 4) is 5.75 Å². The number of phenolic OH excluding ortho intramolecular Hbond substituents is 1. The van der Waals surface area contributed by atoms with Crippen LogP contribution in [0.5, 0.6) is 5.75 Å². The maximum Gasteiger partial charge on any atom is 0.262 e. The molecule has 0 aromatic heterocycles. The second-order valence-corrected chi connectivity index (χ2v) is 6.14. The summed E-state index contributed by atoms with van der Waals surface area (Å²) in [7, 11) is 0. The third-order valence-corrected chi connectivity index (χ3v) is 4.20. The van der Waals surface area contributed by atoms with Crippen LogP contribution < -0.4 is 0 Å². The summed E-state index contributed by atoms with van der Waals surface area (Å²) >= 11 is 0. The van der Waals surface area contributed by atoms with Gasteiger partial charge in [-0.2, -0.15) is 0 Å². The fraction of sp³-hybridized carbons (Fsp3) is 0.250. The van der Waals surface area contributed by atoms with E-state index in [2.05, 4.69) is 18.2 Å². The zero-order chi connectivity index (χ0) is 17.1. The lowest BCUT2D eigenvalue weighted by Crippen LogP contribution is -2.23. The Hall–Kier alpha value is -2.75. The lowest BCUT2D eigenvalue weighted by Gasteiger charge is -2.21. The van der Waals surface area contributed by atoms with Crippen LogP contribution in [0.25, 0.3) is 0 Å². The highest BCUT2D eigenvalue weighted by atomic mass is 16.5. The van der Waals surface area contributed by atoms with E-state index in [9.17, 15) is 9.90 Å². The van der Waals surface area contributed by atoms with E-state index in [4.69, 9.17) is 4.74 Å². The Morgan fingerprint density at radius 3 is 2.71 bits per heavy atom. The third-order valence-electron chi connectivity index (χ3n) is 4.20. The van der Waals surface area contributed by atoms with Crippen LogP contribution in [0.15, 0.2) is 60.4 Å². The number of ether oxygens (including phenoxy) is 1.